The van der Waals surface area contributed by atoms with E-state index in [9.17, 15) is 14.4 Å². The topological polar surface area (TPSA) is 97.4 Å². The highest BCUT2D eigenvalue weighted by Crippen LogP contribution is 2.32. The highest BCUT2D eigenvalue weighted by molar-refractivity contribution is 7.99. The van der Waals surface area contributed by atoms with Crippen LogP contribution in [0.5, 0.6) is 0 Å². The molecule has 0 saturated heterocycles. The molecule has 0 aliphatic heterocycles. The predicted molar refractivity (Wildman–Crippen MR) is 123 cm³/mol. The smallest absolute Gasteiger partial charge is 0.341 e. The Balaban J connectivity index is 1.60. The Labute approximate surface area is 192 Å². The maximum Gasteiger partial charge on any atom is 0.341 e. The zero-order chi connectivity index (χ0) is 23.1. The Morgan fingerprint density at radius 2 is 1.88 bits per heavy atom. The minimum absolute atomic E-state index is 0.0783. The molecular weight excluding hydrogens is 426 g/mol. The van der Waals surface area contributed by atoms with Crippen LogP contribution in [0.2, 0.25) is 0 Å². The first-order valence-corrected chi connectivity index (χ1v) is 11.7. The second-order valence-corrected chi connectivity index (χ2v) is 9.10. The number of aryl methyl sites for hydroxylation is 2. The van der Waals surface area contributed by atoms with Crippen molar-refractivity contribution in [3.63, 3.8) is 0 Å². The summed E-state index contributed by atoms with van der Waals surface area (Å²) in [4.78, 5) is 42.5. The zero-order valence-corrected chi connectivity index (χ0v) is 19.5. The van der Waals surface area contributed by atoms with Gasteiger partial charge in [0.25, 0.3) is 5.91 Å². The molecule has 1 fully saturated rings. The molecule has 1 aliphatic carbocycles. The fourth-order valence-corrected chi connectivity index (χ4v) is 4.54. The van der Waals surface area contributed by atoms with Crippen molar-refractivity contribution in [3.05, 3.63) is 53.2 Å². The number of aromatic nitrogens is 1. The summed E-state index contributed by atoms with van der Waals surface area (Å²) in [5.41, 5.74) is 2.50. The van der Waals surface area contributed by atoms with E-state index in [1.54, 1.807) is 18.3 Å². The van der Waals surface area contributed by atoms with E-state index >= 15 is 0 Å². The van der Waals surface area contributed by atoms with Crippen LogP contribution in [0.4, 0.5) is 4.79 Å². The number of nitrogens with zero attached hydrogens (tertiary/aromatic N) is 1. The third-order valence-electron chi connectivity index (χ3n) is 5.36. The molecule has 1 aliphatic rings. The van der Waals surface area contributed by atoms with Gasteiger partial charge in [0.05, 0.1) is 5.56 Å². The molecule has 8 heteroatoms. The van der Waals surface area contributed by atoms with Crippen molar-refractivity contribution in [3.8, 4) is 0 Å². The number of rotatable bonds is 6. The van der Waals surface area contributed by atoms with Crippen LogP contribution in [0.25, 0.3) is 0 Å². The van der Waals surface area contributed by atoms with E-state index in [4.69, 9.17) is 4.74 Å². The van der Waals surface area contributed by atoms with Gasteiger partial charge in [0.2, 0.25) is 0 Å². The summed E-state index contributed by atoms with van der Waals surface area (Å²) in [6, 6.07) is 8.83. The third-order valence-corrected chi connectivity index (χ3v) is 6.55. The molecule has 0 bridgehead atoms. The van der Waals surface area contributed by atoms with Gasteiger partial charge in [-0.25, -0.2) is 14.6 Å². The Morgan fingerprint density at radius 1 is 1.12 bits per heavy atom. The summed E-state index contributed by atoms with van der Waals surface area (Å²) in [5, 5.41) is 5.57. The molecule has 0 unspecified atom stereocenters. The first kappa shape index (κ1) is 23.8. The summed E-state index contributed by atoms with van der Waals surface area (Å²) in [6.07, 6.45) is 5.61. The Bertz CT molecular complexity index is 989. The Kier molecular flexibility index (Phi) is 8.27. The van der Waals surface area contributed by atoms with Crippen LogP contribution in [-0.4, -0.2) is 35.0 Å². The molecule has 7 nitrogen and oxygen atoms in total. The molecule has 2 aromatic rings. The molecule has 1 aromatic carbocycles. The lowest BCUT2D eigenvalue weighted by Gasteiger charge is -2.23. The van der Waals surface area contributed by atoms with Crippen molar-refractivity contribution in [1.82, 2.24) is 15.6 Å². The van der Waals surface area contributed by atoms with Crippen LogP contribution < -0.4 is 10.6 Å². The molecule has 1 heterocycles. The van der Waals surface area contributed by atoms with Crippen LogP contribution in [-0.2, 0) is 9.53 Å². The minimum Gasteiger partial charge on any atom is -0.449 e. The number of hydrogen-bond donors (Lipinski definition) is 2. The van der Waals surface area contributed by atoms with Gasteiger partial charge in [-0.3, -0.25) is 10.1 Å². The van der Waals surface area contributed by atoms with E-state index in [-0.39, 0.29) is 11.6 Å². The molecule has 2 N–H and O–H groups in total. The fraction of sp³-hybridized carbons (Fsp3) is 0.417. The molecule has 3 amide bonds. The normalized spacial score (nSPS) is 15.0. The molecule has 32 heavy (non-hydrogen) atoms. The molecule has 1 aromatic heterocycles. The number of pyridine rings is 1. The van der Waals surface area contributed by atoms with E-state index in [1.807, 2.05) is 26.0 Å². The third kappa shape index (κ3) is 6.56. The highest BCUT2D eigenvalue weighted by atomic mass is 32.2. The second-order valence-electron chi connectivity index (χ2n) is 8.07. The minimum atomic E-state index is -1.13. The molecule has 1 saturated carbocycles. The SMILES string of the molecule is Cc1ccc(Sc2ncccc2C(=O)O[C@H](C)C(=O)NC(=O)NC2CCCCC2)c(C)c1. The quantitative estimate of drug-likeness (QED) is 0.620. The van der Waals surface area contributed by atoms with Gasteiger partial charge in [-0.15, -0.1) is 0 Å². The maximum atomic E-state index is 12.8. The number of esters is 1. The Hall–Kier alpha value is -2.87. The summed E-state index contributed by atoms with van der Waals surface area (Å²) in [7, 11) is 0. The zero-order valence-electron chi connectivity index (χ0n) is 18.6. The lowest BCUT2D eigenvalue weighted by Crippen LogP contribution is -2.48. The average Bonchev–Trinajstić information content (AvgIpc) is 2.76. The number of benzene rings is 1. The van der Waals surface area contributed by atoms with Crippen LogP contribution in [0.15, 0.2) is 46.5 Å². The van der Waals surface area contributed by atoms with E-state index in [1.165, 1.54) is 25.1 Å². The number of imide groups is 1. The van der Waals surface area contributed by atoms with Gasteiger partial charge in [0, 0.05) is 17.1 Å². The van der Waals surface area contributed by atoms with E-state index in [2.05, 4.69) is 21.7 Å². The fourth-order valence-electron chi connectivity index (χ4n) is 3.60. The number of hydrogen-bond acceptors (Lipinski definition) is 6. The first-order chi connectivity index (χ1) is 15.3. The van der Waals surface area contributed by atoms with Gasteiger partial charge in [0.1, 0.15) is 5.03 Å². The largest absolute Gasteiger partial charge is 0.449 e. The standard InChI is InChI=1S/C24H29N3O4S/c1-15-11-12-20(16(2)14-15)32-22-19(10-7-13-25-22)23(29)31-17(3)21(28)27-24(30)26-18-8-5-4-6-9-18/h7,10-14,17-18H,4-6,8-9H2,1-3H3,(H2,26,27,28,30)/t17-/m1/s1. The van der Waals surface area contributed by atoms with E-state index in [0.29, 0.717) is 5.03 Å². The van der Waals surface area contributed by atoms with Gasteiger partial charge < -0.3 is 10.1 Å². The summed E-state index contributed by atoms with van der Waals surface area (Å²) in [5.74, 6) is -1.33. The lowest BCUT2D eigenvalue weighted by molar-refractivity contribution is -0.127. The van der Waals surface area contributed by atoms with Crippen LogP contribution in [0.1, 0.15) is 60.5 Å². The number of carbonyl (C=O) groups excluding carboxylic acids is 3. The maximum absolute atomic E-state index is 12.8. The monoisotopic (exact) mass is 455 g/mol. The van der Waals surface area contributed by atoms with Crippen molar-refractivity contribution < 1.29 is 19.1 Å². The molecule has 0 spiro atoms. The second kappa shape index (κ2) is 11.1. The number of nitrogens with one attached hydrogen (secondary N) is 2. The van der Waals surface area contributed by atoms with Gasteiger partial charge in [-0.05, 0) is 57.4 Å². The van der Waals surface area contributed by atoms with Gasteiger partial charge >= 0.3 is 12.0 Å². The van der Waals surface area contributed by atoms with Crippen molar-refractivity contribution >= 4 is 29.7 Å². The van der Waals surface area contributed by atoms with Crippen LogP contribution in [0, 0.1) is 13.8 Å². The van der Waals surface area contributed by atoms with Crippen molar-refractivity contribution in [1.29, 1.82) is 0 Å². The number of urea groups is 1. The molecule has 1 atom stereocenters. The molecular formula is C24H29N3O4S. The van der Waals surface area contributed by atoms with Gasteiger partial charge in [-0.2, -0.15) is 0 Å². The lowest BCUT2D eigenvalue weighted by atomic mass is 9.96. The Morgan fingerprint density at radius 3 is 2.59 bits per heavy atom. The predicted octanol–water partition coefficient (Wildman–Crippen LogP) is 4.55. The van der Waals surface area contributed by atoms with Gasteiger partial charge in [-0.1, -0.05) is 48.7 Å². The molecule has 0 radical (unpaired) electrons. The summed E-state index contributed by atoms with van der Waals surface area (Å²) in [6.45, 7) is 5.46. The van der Waals surface area contributed by atoms with Crippen LogP contribution in [0.3, 0.4) is 0 Å². The summed E-state index contributed by atoms with van der Waals surface area (Å²) >= 11 is 1.37. The van der Waals surface area contributed by atoms with Crippen molar-refractivity contribution in [2.24, 2.45) is 0 Å². The van der Waals surface area contributed by atoms with E-state index < -0.39 is 24.0 Å². The van der Waals surface area contributed by atoms with E-state index in [0.717, 1.165) is 41.7 Å². The molecule has 170 valence electrons. The number of ether oxygens (including phenoxy) is 1. The first-order valence-electron chi connectivity index (χ1n) is 10.9. The molecule has 3 rings (SSSR count). The summed E-state index contributed by atoms with van der Waals surface area (Å²) < 4.78 is 5.33. The van der Waals surface area contributed by atoms with Crippen molar-refractivity contribution in [2.75, 3.05) is 0 Å². The van der Waals surface area contributed by atoms with Gasteiger partial charge in [0.15, 0.2) is 6.10 Å². The highest BCUT2D eigenvalue weighted by Gasteiger charge is 2.24. The number of amides is 3. The van der Waals surface area contributed by atoms with Crippen LogP contribution >= 0.6 is 11.8 Å². The van der Waals surface area contributed by atoms with Crippen molar-refractivity contribution in [2.45, 2.75) is 74.9 Å². The average molecular weight is 456 g/mol. The number of carbonyl (C=O) groups is 3.